The fourth-order valence-corrected chi connectivity index (χ4v) is 4.38. The molecule has 2 aromatic carbocycles. The average Bonchev–Trinajstić information content (AvgIpc) is 2.71. The van der Waals surface area contributed by atoms with Gasteiger partial charge in [0, 0.05) is 23.5 Å². The Hall–Kier alpha value is -3.24. The quantitative estimate of drug-likeness (QED) is 0.452. The predicted molar refractivity (Wildman–Crippen MR) is 127 cm³/mol. The summed E-state index contributed by atoms with van der Waals surface area (Å²) < 4.78 is 33.6. The van der Waals surface area contributed by atoms with Gasteiger partial charge in [-0.2, -0.15) is 0 Å². The van der Waals surface area contributed by atoms with Crippen LogP contribution in [0.15, 0.2) is 64.0 Å². The zero-order valence-electron chi connectivity index (χ0n) is 17.6. The van der Waals surface area contributed by atoms with Gasteiger partial charge >= 0.3 is 0 Å². The number of halogens is 1. The molecular formula is C22H21BrN4O4S. The molecule has 0 aliphatic heterocycles. The number of benzene rings is 2. The van der Waals surface area contributed by atoms with E-state index in [0.29, 0.717) is 23.0 Å². The number of rotatable bonds is 7. The van der Waals surface area contributed by atoms with Crippen LogP contribution in [0.5, 0.6) is 5.75 Å². The molecule has 1 aromatic heterocycles. The Morgan fingerprint density at radius 3 is 2.41 bits per heavy atom. The molecule has 10 heteroatoms. The van der Waals surface area contributed by atoms with Gasteiger partial charge in [0.25, 0.3) is 10.0 Å². The molecule has 3 aromatic rings. The molecule has 0 atom stereocenters. The zero-order valence-corrected chi connectivity index (χ0v) is 20.0. The molecule has 166 valence electrons. The second kappa shape index (κ2) is 9.92. The van der Waals surface area contributed by atoms with Crippen LogP contribution in [0.2, 0.25) is 0 Å². The number of carbonyl (C=O) groups is 1. The van der Waals surface area contributed by atoms with Crippen molar-refractivity contribution in [3.8, 4) is 5.75 Å². The van der Waals surface area contributed by atoms with Gasteiger partial charge in [-0.25, -0.2) is 18.4 Å². The number of methoxy groups -OCH3 is 1. The smallest absolute Gasteiger partial charge is 0.263 e. The number of hydrogen-bond acceptors (Lipinski definition) is 6. The Balaban J connectivity index is 1.65. The molecule has 1 amide bonds. The molecule has 2 N–H and O–H groups in total. The molecular weight excluding hydrogens is 496 g/mol. The largest absolute Gasteiger partial charge is 0.496 e. The maximum absolute atomic E-state index is 12.6. The summed E-state index contributed by atoms with van der Waals surface area (Å²) in [6.07, 6.45) is 3.05. The van der Waals surface area contributed by atoms with Crippen LogP contribution in [0.4, 0.5) is 11.5 Å². The number of nitrogens with one attached hydrogen (secondary N) is 2. The van der Waals surface area contributed by atoms with Crippen LogP contribution in [-0.2, 0) is 14.8 Å². The first kappa shape index (κ1) is 23.4. The fraction of sp³-hybridized carbons (Fsp3) is 0.136. The summed E-state index contributed by atoms with van der Waals surface area (Å²) in [6, 6.07) is 12.8. The van der Waals surface area contributed by atoms with Crippen molar-refractivity contribution >= 4 is 49.4 Å². The molecule has 0 aliphatic carbocycles. The maximum atomic E-state index is 12.6. The Labute approximate surface area is 194 Å². The van der Waals surface area contributed by atoms with Gasteiger partial charge in [-0.3, -0.25) is 9.52 Å². The summed E-state index contributed by atoms with van der Waals surface area (Å²) in [4.78, 5) is 20.5. The van der Waals surface area contributed by atoms with E-state index in [0.717, 1.165) is 10.0 Å². The average molecular weight is 517 g/mol. The van der Waals surface area contributed by atoms with Gasteiger partial charge in [0.15, 0.2) is 0 Å². The van der Waals surface area contributed by atoms with Crippen LogP contribution in [-0.4, -0.2) is 31.4 Å². The third-order valence-electron chi connectivity index (χ3n) is 4.24. The number of hydrogen-bond donors (Lipinski definition) is 2. The van der Waals surface area contributed by atoms with Gasteiger partial charge < -0.3 is 10.1 Å². The first-order chi connectivity index (χ1) is 15.2. The van der Waals surface area contributed by atoms with Crippen LogP contribution in [0.25, 0.3) is 6.08 Å². The van der Waals surface area contributed by atoms with Crippen LogP contribution in [0.1, 0.15) is 17.1 Å². The summed E-state index contributed by atoms with van der Waals surface area (Å²) in [5.74, 6) is 1.01. The molecule has 1 heterocycles. The minimum Gasteiger partial charge on any atom is -0.496 e. The monoisotopic (exact) mass is 516 g/mol. The lowest BCUT2D eigenvalue weighted by Gasteiger charge is -2.09. The van der Waals surface area contributed by atoms with E-state index in [2.05, 4.69) is 35.9 Å². The molecule has 0 aliphatic rings. The molecule has 0 fully saturated rings. The van der Waals surface area contributed by atoms with E-state index in [9.17, 15) is 13.2 Å². The Morgan fingerprint density at radius 2 is 1.78 bits per heavy atom. The molecule has 0 unspecified atom stereocenters. The predicted octanol–water partition coefficient (Wildman–Crippen LogP) is 4.32. The van der Waals surface area contributed by atoms with Gasteiger partial charge in [-0.05, 0) is 77.8 Å². The summed E-state index contributed by atoms with van der Waals surface area (Å²) in [5, 5.41) is 2.69. The van der Waals surface area contributed by atoms with Gasteiger partial charge in [0.1, 0.15) is 17.4 Å². The minimum atomic E-state index is -3.83. The van der Waals surface area contributed by atoms with Crippen LogP contribution in [0.3, 0.4) is 0 Å². The van der Waals surface area contributed by atoms with Gasteiger partial charge in [-0.1, -0.05) is 6.07 Å². The van der Waals surface area contributed by atoms with E-state index in [4.69, 9.17) is 4.74 Å². The highest BCUT2D eigenvalue weighted by Crippen LogP contribution is 2.26. The first-order valence-corrected chi connectivity index (χ1v) is 11.7. The lowest BCUT2D eigenvalue weighted by molar-refractivity contribution is -0.111. The van der Waals surface area contributed by atoms with Gasteiger partial charge in [0.05, 0.1) is 16.5 Å². The van der Waals surface area contributed by atoms with Crippen molar-refractivity contribution < 1.29 is 17.9 Å². The van der Waals surface area contributed by atoms with Gasteiger partial charge in [-0.15, -0.1) is 0 Å². The van der Waals surface area contributed by atoms with Crippen molar-refractivity contribution in [3.05, 3.63) is 76.2 Å². The van der Waals surface area contributed by atoms with Crippen LogP contribution in [0, 0.1) is 13.8 Å². The number of aromatic nitrogens is 2. The molecule has 8 nitrogen and oxygen atoms in total. The second-order valence-electron chi connectivity index (χ2n) is 6.79. The normalized spacial score (nSPS) is 11.4. The van der Waals surface area contributed by atoms with Crippen molar-refractivity contribution in [2.75, 3.05) is 17.1 Å². The van der Waals surface area contributed by atoms with Crippen molar-refractivity contribution in [2.24, 2.45) is 0 Å². The highest BCUT2D eigenvalue weighted by Gasteiger charge is 2.15. The van der Waals surface area contributed by atoms with Crippen LogP contribution >= 0.6 is 15.9 Å². The number of nitrogens with zero attached hydrogens (tertiary/aromatic N) is 2. The SMILES string of the molecule is COc1ccc(/C=C/C(=O)Nc2ccc(S(=O)(=O)Nc3cc(C)nc(C)n3)cc2)cc1Br. The summed E-state index contributed by atoms with van der Waals surface area (Å²) in [6.45, 7) is 3.44. The molecule has 0 bridgehead atoms. The lowest BCUT2D eigenvalue weighted by Crippen LogP contribution is -2.15. The lowest BCUT2D eigenvalue weighted by atomic mass is 10.2. The summed E-state index contributed by atoms with van der Waals surface area (Å²) in [5.41, 5.74) is 1.93. The summed E-state index contributed by atoms with van der Waals surface area (Å²) in [7, 11) is -2.25. The maximum Gasteiger partial charge on any atom is 0.263 e. The third-order valence-corrected chi connectivity index (χ3v) is 6.23. The summed E-state index contributed by atoms with van der Waals surface area (Å²) >= 11 is 3.40. The molecule has 0 saturated carbocycles. The highest BCUT2D eigenvalue weighted by atomic mass is 79.9. The first-order valence-electron chi connectivity index (χ1n) is 9.44. The molecule has 3 rings (SSSR count). The van der Waals surface area contributed by atoms with Crippen molar-refractivity contribution in [1.29, 1.82) is 0 Å². The highest BCUT2D eigenvalue weighted by molar-refractivity contribution is 9.10. The number of carbonyl (C=O) groups excluding carboxylic acids is 1. The third kappa shape index (κ3) is 6.14. The van der Waals surface area contributed by atoms with E-state index in [1.165, 1.54) is 30.3 Å². The van der Waals surface area contributed by atoms with E-state index < -0.39 is 10.0 Å². The molecule has 32 heavy (non-hydrogen) atoms. The van der Waals surface area contributed by atoms with Crippen molar-refractivity contribution in [1.82, 2.24) is 9.97 Å². The molecule has 0 radical (unpaired) electrons. The van der Waals surface area contributed by atoms with E-state index in [1.807, 2.05) is 12.1 Å². The number of sulfonamides is 1. The molecule has 0 saturated heterocycles. The minimum absolute atomic E-state index is 0.0445. The topological polar surface area (TPSA) is 110 Å². The van der Waals surface area contributed by atoms with Crippen molar-refractivity contribution in [3.63, 3.8) is 0 Å². The number of anilines is 2. The van der Waals surface area contributed by atoms with E-state index >= 15 is 0 Å². The Bertz CT molecular complexity index is 1260. The number of amides is 1. The number of ether oxygens (including phenoxy) is 1. The standard InChI is InChI=1S/C22H21BrN4O4S/c1-14-12-21(25-15(2)24-14)27-32(29,30)18-8-6-17(7-9-18)26-22(28)11-5-16-4-10-20(31-3)19(23)13-16/h4-13H,1-3H3,(H,26,28)(H,24,25,27)/b11-5+. The second-order valence-corrected chi connectivity index (χ2v) is 9.32. The van der Waals surface area contributed by atoms with E-state index in [-0.39, 0.29) is 16.6 Å². The fourth-order valence-electron chi connectivity index (χ4n) is 2.83. The Morgan fingerprint density at radius 1 is 1.06 bits per heavy atom. The molecule has 0 spiro atoms. The van der Waals surface area contributed by atoms with Crippen LogP contribution < -0.4 is 14.8 Å². The van der Waals surface area contributed by atoms with E-state index in [1.54, 1.807) is 39.2 Å². The zero-order chi connectivity index (χ0) is 23.3. The Kier molecular flexibility index (Phi) is 7.26. The van der Waals surface area contributed by atoms with Crippen molar-refractivity contribution in [2.45, 2.75) is 18.7 Å². The van der Waals surface area contributed by atoms with Gasteiger partial charge in [0.2, 0.25) is 5.91 Å². The number of aryl methyl sites for hydroxylation is 2.